The van der Waals surface area contributed by atoms with Crippen molar-refractivity contribution in [1.29, 1.82) is 0 Å². The second-order valence-electron chi connectivity index (χ2n) is 5.73. The fourth-order valence-corrected chi connectivity index (χ4v) is 3.65. The minimum atomic E-state index is -5.01. The summed E-state index contributed by atoms with van der Waals surface area (Å²) in [5.41, 5.74) is 1.73. The van der Waals surface area contributed by atoms with E-state index in [1.165, 1.54) is 12.1 Å². The van der Waals surface area contributed by atoms with E-state index in [-0.39, 0.29) is 6.54 Å². The summed E-state index contributed by atoms with van der Waals surface area (Å²) in [6, 6.07) is 7.83. The van der Waals surface area contributed by atoms with Gasteiger partial charge in [0.25, 0.3) is 0 Å². The predicted molar refractivity (Wildman–Crippen MR) is 93.6 cm³/mol. The molecule has 0 atom stereocenters. The molecule has 28 heavy (non-hydrogen) atoms. The Morgan fingerprint density at radius 3 is 2.61 bits per heavy atom. The monoisotopic (exact) mass is 412 g/mol. The number of sulfonamides is 1. The number of aromatic nitrogens is 3. The van der Waals surface area contributed by atoms with Gasteiger partial charge in [0.1, 0.15) is 10.6 Å². The third-order valence-corrected chi connectivity index (χ3v) is 5.13. The van der Waals surface area contributed by atoms with Gasteiger partial charge >= 0.3 is 6.36 Å². The Labute approximate surface area is 158 Å². The van der Waals surface area contributed by atoms with Gasteiger partial charge < -0.3 is 4.74 Å². The van der Waals surface area contributed by atoms with Crippen molar-refractivity contribution in [2.24, 2.45) is 7.05 Å². The third kappa shape index (κ3) is 4.67. The molecule has 0 aliphatic carbocycles. The first-order valence-electron chi connectivity index (χ1n) is 7.93. The topological polar surface area (TPSA) is 86.1 Å². The van der Waals surface area contributed by atoms with Crippen LogP contribution in [0.5, 0.6) is 5.75 Å². The van der Waals surface area contributed by atoms with Crippen LogP contribution < -0.4 is 9.46 Å². The van der Waals surface area contributed by atoms with E-state index in [0.29, 0.717) is 16.8 Å². The smallest absolute Gasteiger partial charge is 0.404 e. The maximum absolute atomic E-state index is 12.6. The first kappa shape index (κ1) is 19.8. The summed E-state index contributed by atoms with van der Waals surface area (Å²) in [7, 11) is -2.55. The molecule has 11 heteroatoms. The molecule has 0 saturated heterocycles. The highest BCUT2D eigenvalue weighted by Crippen LogP contribution is 2.29. The van der Waals surface area contributed by atoms with Crippen molar-refractivity contribution in [3.05, 3.63) is 60.6 Å². The lowest BCUT2D eigenvalue weighted by Crippen LogP contribution is -2.26. The number of ether oxygens (including phenoxy) is 1. The van der Waals surface area contributed by atoms with E-state index in [4.69, 9.17) is 0 Å². The molecule has 0 bridgehead atoms. The Bertz CT molecular complexity index is 1080. The van der Waals surface area contributed by atoms with Crippen LogP contribution in [0, 0.1) is 0 Å². The molecule has 2 heterocycles. The summed E-state index contributed by atoms with van der Waals surface area (Å²) in [6.45, 7) is -0.180. The molecule has 2 aromatic heterocycles. The molecule has 1 aromatic carbocycles. The van der Waals surface area contributed by atoms with E-state index in [1.54, 1.807) is 42.5 Å². The zero-order chi connectivity index (χ0) is 20.4. The van der Waals surface area contributed by atoms with Gasteiger partial charge in [0, 0.05) is 31.5 Å². The van der Waals surface area contributed by atoms with E-state index in [9.17, 15) is 21.6 Å². The number of nitrogens with one attached hydrogen (secondary N) is 1. The zero-order valence-corrected chi connectivity index (χ0v) is 15.3. The molecule has 0 fully saturated rings. The molecule has 0 aliphatic heterocycles. The van der Waals surface area contributed by atoms with Crippen molar-refractivity contribution in [1.82, 2.24) is 19.5 Å². The lowest BCUT2D eigenvalue weighted by Gasteiger charge is -2.14. The maximum atomic E-state index is 12.6. The molecule has 0 radical (unpaired) electrons. The van der Waals surface area contributed by atoms with Crippen LogP contribution in [0.3, 0.4) is 0 Å². The highest BCUT2D eigenvalue weighted by Gasteiger charge is 2.34. The van der Waals surface area contributed by atoms with Crippen LogP contribution in [0.2, 0.25) is 0 Å². The van der Waals surface area contributed by atoms with Gasteiger partial charge in [-0.15, -0.1) is 13.2 Å². The van der Waals surface area contributed by atoms with Crippen LogP contribution in [-0.2, 0) is 23.6 Å². The first-order chi connectivity index (χ1) is 13.2. The van der Waals surface area contributed by atoms with Crippen molar-refractivity contribution >= 4 is 10.0 Å². The normalized spacial score (nSPS) is 12.1. The summed E-state index contributed by atoms with van der Waals surface area (Å²) in [5, 5.41) is 4.05. The van der Waals surface area contributed by atoms with Gasteiger partial charge in [0.2, 0.25) is 10.0 Å². The Kier molecular flexibility index (Phi) is 5.38. The fourth-order valence-electron chi connectivity index (χ4n) is 2.52. The van der Waals surface area contributed by atoms with Crippen LogP contribution in [-0.4, -0.2) is 29.5 Å². The van der Waals surface area contributed by atoms with Gasteiger partial charge in [-0.2, -0.15) is 5.10 Å². The number of alkyl halides is 3. The molecule has 0 unspecified atom stereocenters. The number of aryl methyl sites for hydroxylation is 1. The number of benzene rings is 1. The van der Waals surface area contributed by atoms with E-state index in [2.05, 4.69) is 19.5 Å². The summed E-state index contributed by atoms with van der Waals surface area (Å²) in [6.07, 6.45) is -0.172. The van der Waals surface area contributed by atoms with Gasteiger partial charge in [-0.25, -0.2) is 13.1 Å². The Hall–Kier alpha value is -2.92. The summed E-state index contributed by atoms with van der Waals surface area (Å²) < 4.78 is 70.5. The van der Waals surface area contributed by atoms with E-state index >= 15 is 0 Å². The Balaban J connectivity index is 1.86. The molecular weight excluding hydrogens is 397 g/mol. The van der Waals surface area contributed by atoms with Crippen LogP contribution in [0.4, 0.5) is 13.2 Å². The molecule has 3 aromatic rings. The number of para-hydroxylation sites is 1. The molecule has 0 saturated carbocycles. The maximum Gasteiger partial charge on any atom is 0.573 e. The first-order valence-corrected chi connectivity index (χ1v) is 9.41. The quantitative estimate of drug-likeness (QED) is 0.673. The molecule has 3 rings (SSSR count). The van der Waals surface area contributed by atoms with E-state index in [0.717, 1.165) is 12.1 Å². The van der Waals surface area contributed by atoms with Crippen LogP contribution in [0.25, 0.3) is 11.3 Å². The lowest BCUT2D eigenvalue weighted by atomic mass is 10.1. The second-order valence-corrected chi connectivity index (χ2v) is 7.47. The highest BCUT2D eigenvalue weighted by molar-refractivity contribution is 7.89. The summed E-state index contributed by atoms with van der Waals surface area (Å²) >= 11 is 0. The number of nitrogens with zero attached hydrogens (tertiary/aromatic N) is 3. The van der Waals surface area contributed by atoms with Crippen molar-refractivity contribution in [3.63, 3.8) is 0 Å². The second kappa shape index (κ2) is 7.60. The average molecular weight is 412 g/mol. The van der Waals surface area contributed by atoms with Crippen LogP contribution in [0.15, 0.2) is 59.9 Å². The summed E-state index contributed by atoms with van der Waals surface area (Å²) in [4.78, 5) is 3.63. The van der Waals surface area contributed by atoms with Crippen molar-refractivity contribution in [3.8, 4) is 17.0 Å². The van der Waals surface area contributed by atoms with Crippen LogP contribution >= 0.6 is 0 Å². The number of hydrogen-bond acceptors (Lipinski definition) is 5. The van der Waals surface area contributed by atoms with Gasteiger partial charge in [-0.05, 0) is 23.8 Å². The molecule has 7 nitrogen and oxygen atoms in total. The minimum Gasteiger partial charge on any atom is -0.404 e. The largest absolute Gasteiger partial charge is 0.573 e. The average Bonchev–Trinajstić information content (AvgIpc) is 3.05. The van der Waals surface area contributed by atoms with Gasteiger partial charge in [0.05, 0.1) is 11.9 Å². The van der Waals surface area contributed by atoms with Gasteiger partial charge in [-0.1, -0.05) is 18.2 Å². The molecule has 0 amide bonds. The number of halogens is 3. The van der Waals surface area contributed by atoms with Gasteiger partial charge in [-0.3, -0.25) is 9.67 Å². The Morgan fingerprint density at radius 2 is 1.93 bits per heavy atom. The van der Waals surface area contributed by atoms with E-state index < -0.39 is 27.0 Å². The lowest BCUT2D eigenvalue weighted by molar-refractivity contribution is -0.275. The Morgan fingerprint density at radius 1 is 1.18 bits per heavy atom. The third-order valence-electron chi connectivity index (χ3n) is 3.69. The predicted octanol–water partition coefficient (Wildman–Crippen LogP) is 2.86. The fraction of sp³-hybridized carbons (Fsp3) is 0.176. The minimum absolute atomic E-state index is 0.180. The number of hydrogen-bond donors (Lipinski definition) is 1. The highest BCUT2D eigenvalue weighted by atomic mass is 32.2. The van der Waals surface area contributed by atoms with Crippen molar-refractivity contribution in [2.75, 3.05) is 0 Å². The van der Waals surface area contributed by atoms with Crippen molar-refractivity contribution < 1.29 is 26.3 Å². The molecular formula is C17H15F3N4O3S. The molecule has 0 aliphatic rings. The van der Waals surface area contributed by atoms with Gasteiger partial charge in [0.15, 0.2) is 0 Å². The standard InChI is InChI=1S/C17H15F3N4O3S/c1-24-11-13(9-22-24)16-12(5-4-8-21-16)10-23-28(25,26)15-7-3-2-6-14(15)27-17(18,19)20/h2-9,11,23H,10H2,1H3. The summed E-state index contributed by atoms with van der Waals surface area (Å²) in [5.74, 6) is -0.804. The number of rotatable bonds is 6. The molecule has 148 valence electrons. The molecule has 0 spiro atoms. The molecule has 1 N–H and O–H groups in total. The zero-order valence-electron chi connectivity index (χ0n) is 14.5. The van der Waals surface area contributed by atoms with E-state index in [1.807, 2.05) is 0 Å². The van der Waals surface area contributed by atoms with Crippen LogP contribution in [0.1, 0.15) is 5.56 Å². The number of pyridine rings is 1. The SMILES string of the molecule is Cn1cc(-c2ncccc2CNS(=O)(=O)c2ccccc2OC(F)(F)F)cn1. The van der Waals surface area contributed by atoms with Crippen molar-refractivity contribution in [2.45, 2.75) is 17.8 Å².